The van der Waals surface area contributed by atoms with Crippen molar-refractivity contribution in [2.75, 3.05) is 13.7 Å². The number of nitriles is 1. The number of nitrogens with zero attached hydrogens (tertiary/aromatic N) is 1. The summed E-state index contributed by atoms with van der Waals surface area (Å²) in [6.07, 6.45) is 1.47. The maximum Gasteiger partial charge on any atom is 0.328 e. The summed E-state index contributed by atoms with van der Waals surface area (Å²) in [6, 6.07) is 1.16. The van der Waals surface area contributed by atoms with E-state index in [1.54, 1.807) is 0 Å². The lowest BCUT2D eigenvalue weighted by atomic mass is 10.1. The highest BCUT2D eigenvalue weighted by Gasteiger charge is 2.28. The molecule has 0 aromatic carbocycles. The van der Waals surface area contributed by atoms with Crippen LogP contribution in [0.5, 0.6) is 0 Å². The minimum Gasteiger partial charge on any atom is -0.467 e. The Morgan fingerprint density at radius 3 is 2.94 bits per heavy atom. The maximum atomic E-state index is 11.7. The molecule has 0 unspecified atom stereocenters. The number of hydrogen-bond donors (Lipinski definition) is 1. The minimum absolute atomic E-state index is 0.186. The fraction of sp³-hybridized carbons (Fsp3) is 0.727. The first-order chi connectivity index (χ1) is 8.19. The highest BCUT2D eigenvalue weighted by Crippen LogP contribution is 2.12. The number of amides is 1. The molecule has 1 N–H and O–H groups in total. The van der Waals surface area contributed by atoms with Crippen molar-refractivity contribution >= 4 is 11.9 Å². The van der Waals surface area contributed by atoms with Gasteiger partial charge in [0.05, 0.1) is 13.2 Å². The van der Waals surface area contributed by atoms with Gasteiger partial charge in [-0.05, 0) is 19.3 Å². The summed E-state index contributed by atoms with van der Waals surface area (Å²) in [7, 11) is 1.25. The second kappa shape index (κ2) is 6.86. The lowest BCUT2D eigenvalue weighted by Gasteiger charge is -2.17. The largest absolute Gasteiger partial charge is 0.467 e. The van der Waals surface area contributed by atoms with Gasteiger partial charge in [0.25, 0.3) is 0 Å². The van der Waals surface area contributed by atoms with Crippen molar-refractivity contribution in [2.45, 2.75) is 37.8 Å². The molecule has 0 radical (unpaired) electrons. The van der Waals surface area contributed by atoms with Crippen molar-refractivity contribution in [1.29, 1.82) is 5.26 Å². The van der Waals surface area contributed by atoms with Crippen molar-refractivity contribution in [3.63, 3.8) is 0 Å². The second-order valence-corrected chi connectivity index (χ2v) is 3.78. The van der Waals surface area contributed by atoms with Crippen LogP contribution in [0, 0.1) is 11.3 Å². The molecule has 6 heteroatoms. The Balaban J connectivity index is 2.49. The van der Waals surface area contributed by atoms with Gasteiger partial charge in [0.2, 0.25) is 5.91 Å². The smallest absolute Gasteiger partial charge is 0.328 e. The van der Waals surface area contributed by atoms with Crippen LogP contribution < -0.4 is 5.32 Å². The van der Waals surface area contributed by atoms with Crippen molar-refractivity contribution in [1.82, 2.24) is 5.32 Å². The molecule has 1 saturated heterocycles. The third kappa shape index (κ3) is 4.04. The Morgan fingerprint density at radius 2 is 2.41 bits per heavy atom. The number of esters is 1. The number of carbonyl (C=O) groups is 2. The van der Waals surface area contributed by atoms with Crippen LogP contribution in [0.1, 0.15) is 25.7 Å². The third-order valence-electron chi connectivity index (χ3n) is 2.57. The molecule has 0 aromatic rings. The molecule has 1 aliphatic rings. The molecule has 6 nitrogen and oxygen atoms in total. The highest BCUT2D eigenvalue weighted by atomic mass is 16.5. The fourth-order valence-corrected chi connectivity index (χ4v) is 1.65. The van der Waals surface area contributed by atoms with Gasteiger partial charge in [0, 0.05) is 13.0 Å². The molecule has 1 rings (SSSR count). The average molecular weight is 240 g/mol. The van der Waals surface area contributed by atoms with Crippen LogP contribution in [0.15, 0.2) is 0 Å². The summed E-state index contributed by atoms with van der Waals surface area (Å²) >= 11 is 0. The molecule has 0 bridgehead atoms. The molecule has 1 heterocycles. The molecule has 17 heavy (non-hydrogen) atoms. The molecule has 0 spiro atoms. The van der Waals surface area contributed by atoms with E-state index in [1.165, 1.54) is 7.11 Å². The molecule has 1 fully saturated rings. The second-order valence-electron chi connectivity index (χ2n) is 3.78. The first-order valence-corrected chi connectivity index (χ1v) is 5.55. The summed E-state index contributed by atoms with van der Waals surface area (Å²) in [5.74, 6) is -0.845. The number of hydrogen-bond acceptors (Lipinski definition) is 5. The fourth-order valence-electron chi connectivity index (χ4n) is 1.65. The van der Waals surface area contributed by atoms with Crippen molar-refractivity contribution in [3.8, 4) is 6.07 Å². The molecule has 1 amide bonds. The van der Waals surface area contributed by atoms with E-state index in [2.05, 4.69) is 10.1 Å². The van der Waals surface area contributed by atoms with E-state index in [9.17, 15) is 9.59 Å². The average Bonchev–Trinajstić information content (AvgIpc) is 2.87. The van der Waals surface area contributed by atoms with E-state index < -0.39 is 18.1 Å². The van der Waals surface area contributed by atoms with E-state index in [-0.39, 0.29) is 18.7 Å². The van der Waals surface area contributed by atoms with Crippen molar-refractivity contribution in [2.24, 2.45) is 0 Å². The summed E-state index contributed by atoms with van der Waals surface area (Å²) in [5, 5.41) is 11.0. The lowest BCUT2D eigenvalue weighted by molar-refractivity contribution is -0.146. The van der Waals surface area contributed by atoms with Crippen LogP contribution in [0.3, 0.4) is 0 Å². The number of ether oxygens (including phenoxy) is 2. The Kier molecular flexibility index (Phi) is 5.43. The first kappa shape index (κ1) is 13.5. The van der Waals surface area contributed by atoms with E-state index >= 15 is 0 Å². The molecular weight excluding hydrogens is 224 g/mol. The zero-order valence-electron chi connectivity index (χ0n) is 9.77. The molecule has 0 aromatic heterocycles. The van der Waals surface area contributed by atoms with Gasteiger partial charge < -0.3 is 14.8 Å². The predicted octanol–water partition coefficient (Wildman–Crippen LogP) is 0.127. The Bertz CT molecular complexity index is 318. The Hall–Kier alpha value is -1.61. The van der Waals surface area contributed by atoms with Crippen molar-refractivity contribution in [3.05, 3.63) is 0 Å². The molecule has 0 saturated carbocycles. The van der Waals surface area contributed by atoms with Gasteiger partial charge in [-0.1, -0.05) is 0 Å². The van der Waals surface area contributed by atoms with Crippen LogP contribution in [0.4, 0.5) is 0 Å². The number of carbonyl (C=O) groups excluding carboxylic acids is 2. The van der Waals surface area contributed by atoms with Crippen molar-refractivity contribution < 1.29 is 19.1 Å². The van der Waals surface area contributed by atoms with E-state index in [0.29, 0.717) is 13.0 Å². The first-order valence-electron chi connectivity index (χ1n) is 5.55. The molecule has 94 valence electrons. The molecular formula is C11H16N2O4. The van der Waals surface area contributed by atoms with Gasteiger partial charge in [-0.15, -0.1) is 0 Å². The van der Waals surface area contributed by atoms with Gasteiger partial charge in [-0.3, -0.25) is 4.79 Å². The Labute approximate surface area is 99.9 Å². The highest BCUT2D eigenvalue weighted by molar-refractivity contribution is 5.87. The monoisotopic (exact) mass is 240 g/mol. The van der Waals surface area contributed by atoms with Crippen LogP contribution >= 0.6 is 0 Å². The number of rotatable bonds is 5. The van der Waals surface area contributed by atoms with E-state index in [4.69, 9.17) is 10.00 Å². The molecule has 1 aliphatic heterocycles. The zero-order valence-corrected chi connectivity index (χ0v) is 9.77. The van der Waals surface area contributed by atoms with E-state index in [1.807, 2.05) is 6.07 Å². The topological polar surface area (TPSA) is 88.4 Å². The lowest BCUT2D eigenvalue weighted by Crippen LogP contribution is -2.45. The predicted molar refractivity (Wildman–Crippen MR) is 57.8 cm³/mol. The summed E-state index contributed by atoms with van der Waals surface area (Å²) in [6.45, 7) is 0.569. The van der Waals surface area contributed by atoms with Gasteiger partial charge in [0.15, 0.2) is 0 Å². The Morgan fingerprint density at radius 1 is 1.65 bits per heavy atom. The molecule has 0 aliphatic carbocycles. The van der Waals surface area contributed by atoms with Crippen LogP contribution in [-0.4, -0.2) is 37.7 Å². The van der Waals surface area contributed by atoms with Gasteiger partial charge in [-0.25, -0.2) is 4.79 Å². The number of nitrogens with one attached hydrogen (secondary N) is 1. The van der Waals surface area contributed by atoms with E-state index in [0.717, 1.165) is 6.42 Å². The van der Waals surface area contributed by atoms with Gasteiger partial charge >= 0.3 is 5.97 Å². The van der Waals surface area contributed by atoms with Gasteiger partial charge in [-0.2, -0.15) is 5.26 Å². The minimum atomic E-state index is -0.767. The van der Waals surface area contributed by atoms with Crippen LogP contribution in [0.2, 0.25) is 0 Å². The third-order valence-corrected chi connectivity index (χ3v) is 2.57. The number of methoxy groups -OCH3 is 1. The summed E-state index contributed by atoms with van der Waals surface area (Å²) in [4.78, 5) is 23.1. The van der Waals surface area contributed by atoms with Crippen LogP contribution in [0.25, 0.3) is 0 Å². The zero-order chi connectivity index (χ0) is 12.7. The molecule has 2 atom stereocenters. The SMILES string of the molecule is COC(=O)[C@H](CCC#N)NC(=O)[C@H]1CCCO1. The standard InChI is InChI=1S/C11H16N2O4/c1-16-11(15)8(4-2-6-12)13-10(14)9-5-3-7-17-9/h8-9H,2-5,7H2,1H3,(H,13,14)/t8-,9+/m0/s1. The quantitative estimate of drug-likeness (QED) is 0.690. The normalized spacial score (nSPS) is 20.4. The summed E-state index contributed by atoms with van der Waals surface area (Å²) in [5.41, 5.74) is 0. The van der Waals surface area contributed by atoms with Crippen LogP contribution in [-0.2, 0) is 19.1 Å². The summed E-state index contributed by atoms with van der Waals surface area (Å²) < 4.78 is 9.77. The van der Waals surface area contributed by atoms with Gasteiger partial charge in [0.1, 0.15) is 12.1 Å². The maximum absolute atomic E-state index is 11.7.